The van der Waals surface area contributed by atoms with Crippen molar-refractivity contribution < 1.29 is 18.7 Å². The second kappa shape index (κ2) is 8.26. The normalized spacial score (nSPS) is 28.3. The predicted octanol–water partition coefficient (Wildman–Crippen LogP) is 3.87. The van der Waals surface area contributed by atoms with Gasteiger partial charge in [0.25, 0.3) is 11.8 Å². The molecule has 3 fully saturated rings. The molecule has 3 aliphatic rings. The van der Waals surface area contributed by atoms with Crippen molar-refractivity contribution in [3.05, 3.63) is 60.3 Å². The van der Waals surface area contributed by atoms with E-state index in [1.165, 1.54) is 0 Å². The summed E-state index contributed by atoms with van der Waals surface area (Å²) in [5.74, 6) is -2.48. The number of amides is 1. The number of hydrogen-bond acceptors (Lipinski definition) is 5. The molecule has 35 heavy (non-hydrogen) atoms. The molecule has 2 aliphatic heterocycles. The van der Waals surface area contributed by atoms with Crippen molar-refractivity contribution >= 4 is 17.2 Å². The van der Waals surface area contributed by atoms with Crippen LogP contribution in [-0.4, -0.2) is 61.9 Å². The van der Waals surface area contributed by atoms with Crippen LogP contribution in [0.2, 0.25) is 0 Å². The lowest BCUT2D eigenvalue weighted by Gasteiger charge is -2.52. The summed E-state index contributed by atoms with van der Waals surface area (Å²) in [5, 5.41) is 11.8. The molecule has 1 amide bonds. The van der Waals surface area contributed by atoms with Crippen LogP contribution in [0.1, 0.15) is 54.7 Å². The fraction of sp³-hybridized carbons (Fsp3) is 0.500. The monoisotopic (exact) mass is 481 g/mol. The first-order valence-electron chi connectivity index (χ1n) is 12.4. The number of nitrogens with zero attached hydrogens (tertiary/aromatic N) is 5. The Bertz CT molecular complexity index is 1250. The minimum absolute atomic E-state index is 0.0685. The van der Waals surface area contributed by atoms with Crippen LogP contribution in [0.25, 0.3) is 5.52 Å². The Morgan fingerprint density at radius 1 is 1.09 bits per heavy atom. The molecule has 1 N–H and O–H groups in total. The van der Waals surface area contributed by atoms with Crippen LogP contribution in [0.5, 0.6) is 0 Å². The summed E-state index contributed by atoms with van der Waals surface area (Å²) in [7, 11) is 0. The highest BCUT2D eigenvalue weighted by atomic mass is 19.3. The van der Waals surface area contributed by atoms with Gasteiger partial charge in [0.15, 0.2) is 5.82 Å². The first kappa shape index (κ1) is 22.4. The standard InChI is InChI=1S/C26H29F2N5O2/c27-25(28)10-13-31(17-25)22-21-16-29-12-15-32(21)23(30-22)24(34)33-14-11-26(35,18-6-2-1-3-7-18)19-8-4-5-9-20(19)33/h1-3,6-7,12,15-16,19-20,35H,4-5,8-11,13-14,17H2/t19-,20+,26-/m0/s1. The van der Waals surface area contributed by atoms with Crippen LogP contribution in [0.4, 0.5) is 14.6 Å². The molecule has 6 rings (SSSR count). The zero-order valence-electron chi connectivity index (χ0n) is 19.5. The molecular weight excluding hydrogens is 452 g/mol. The second-order valence-corrected chi connectivity index (χ2v) is 10.1. The van der Waals surface area contributed by atoms with Gasteiger partial charge in [0.05, 0.1) is 18.3 Å². The number of carbonyl (C=O) groups is 1. The van der Waals surface area contributed by atoms with Gasteiger partial charge in [-0.3, -0.25) is 14.2 Å². The average Bonchev–Trinajstić information content (AvgIpc) is 3.44. The predicted molar refractivity (Wildman–Crippen MR) is 127 cm³/mol. The van der Waals surface area contributed by atoms with Crippen LogP contribution in [-0.2, 0) is 5.60 Å². The molecular formula is C26H29F2N5O2. The van der Waals surface area contributed by atoms with Crippen LogP contribution in [0.3, 0.4) is 0 Å². The summed E-state index contributed by atoms with van der Waals surface area (Å²) in [5.41, 5.74) is 0.471. The number of rotatable bonds is 3. The van der Waals surface area contributed by atoms with E-state index in [1.54, 1.807) is 27.9 Å². The molecule has 0 bridgehead atoms. The van der Waals surface area contributed by atoms with Gasteiger partial charge in [0.1, 0.15) is 5.52 Å². The number of benzene rings is 1. The third-order valence-corrected chi connectivity index (χ3v) is 8.10. The molecule has 3 atom stereocenters. The number of hydrogen-bond donors (Lipinski definition) is 1. The fourth-order valence-electron chi connectivity index (χ4n) is 6.37. The molecule has 1 aliphatic carbocycles. The first-order chi connectivity index (χ1) is 16.9. The van der Waals surface area contributed by atoms with Crippen LogP contribution >= 0.6 is 0 Å². The number of halogens is 2. The highest BCUT2D eigenvalue weighted by molar-refractivity contribution is 5.94. The number of carbonyl (C=O) groups excluding carboxylic acids is 1. The van der Waals surface area contributed by atoms with Gasteiger partial charge in [-0.1, -0.05) is 43.2 Å². The maximum atomic E-state index is 13.9. The lowest BCUT2D eigenvalue weighted by atomic mass is 9.66. The van der Waals surface area contributed by atoms with Crippen LogP contribution in [0, 0.1) is 5.92 Å². The maximum absolute atomic E-state index is 13.9. The summed E-state index contributed by atoms with van der Waals surface area (Å²) < 4.78 is 29.6. The molecule has 9 heteroatoms. The lowest BCUT2D eigenvalue weighted by Crippen LogP contribution is -2.59. The zero-order valence-corrected chi connectivity index (χ0v) is 19.5. The van der Waals surface area contributed by atoms with Crippen molar-refractivity contribution in [2.75, 3.05) is 24.5 Å². The Morgan fingerprint density at radius 3 is 2.66 bits per heavy atom. The Balaban J connectivity index is 1.35. The van der Waals surface area contributed by atoms with Gasteiger partial charge in [-0.05, 0) is 24.8 Å². The van der Waals surface area contributed by atoms with Gasteiger partial charge < -0.3 is 14.9 Å². The SMILES string of the molecule is O=C(c1nc(N2CCC(F)(F)C2)c2cnccn12)N1CC[C@](O)(c2ccccc2)[C@H]2CCCC[C@H]21. The number of likely N-dealkylation sites (tertiary alicyclic amines) is 1. The average molecular weight is 482 g/mol. The molecule has 1 saturated carbocycles. The summed E-state index contributed by atoms with van der Waals surface area (Å²) in [4.78, 5) is 26.1. The van der Waals surface area contributed by atoms with Crippen molar-refractivity contribution in [2.24, 2.45) is 5.92 Å². The van der Waals surface area contributed by atoms with Crippen molar-refractivity contribution in [3.63, 3.8) is 0 Å². The van der Waals surface area contributed by atoms with E-state index in [9.17, 15) is 18.7 Å². The smallest absolute Gasteiger partial charge is 0.290 e. The summed E-state index contributed by atoms with van der Waals surface area (Å²) in [6.07, 6.45) is 8.70. The number of aromatic nitrogens is 3. The van der Waals surface area contributed by atoms with Crippen molar-refractivity contribution in [1.29, 1.82) is 0 Å². The highest BCUT2D eigenvalue weighted by Gasteiger charge is 2.51. The number of anilines is 1. The molecule has 3 aromatic rings. The van der Waals surface area contributed by atoms with E-state index in [4.69, 9.17) is 0 Å². The van der Waals surface area contributed by atoms with E-state index < -0.39 is 18.1 Å². The second-order valence-electron chi connectivity index (χ2n) is 10.1. The van der Waals surface area contributed by atoms with Gasteiger partial charge >= 0.3 is 0 Å². The third-order valence-electron chi connectivity index (χ3n) is 8.10. The number of piperidine rings is 1. The minimum Gasteiger partial charge on any atom is -0.385 e. The molecule has 0 unspecified atom stereocenters. The quantitative estimate of drug-likeness (QED) is 0.615. The summed E-state index contributed by atoms with van der Waals surface area (Å²) in [6.45, 7) is 0.171. The molecule has 0 spiro atoms. The minimum atomic E-state index is -2.77. The molecule has 2 aromatic heterocycles. The van der Waals surface area contributed by atoms with Crippen molar-refractivity contribution in [2.45, 2.75) is 56.1 Å². The summed E-state index contributed by atoms with van der Waals surface area (Å²) in [6, 6.07) is 9.65. The Labute approximate surface area is 202 Å². The Morgan fingerprint density at radius 2 is 1.89 bits per heavy atom. The van der Waals surface area contributed by atoms with Gasteiger partial charge in [-0.25, -0.2) is 13.8 Å². The molecule has 2 saturated heterocycles. The Hall–Kier alpha value is -3.07. The molecule has 0 radical (unpaired) electrons. The lowest BCUT2D eigenvalue weighted by molar-refractivity contribution is -0.110. The van der Waals surface area contributed by atoms with Gasteiger partial charge in [0, 0.05) is 43.9 Å². The van der Waals surface area contributed by atoms with Gasteiger partial charge in [0.2, 0.25) is 5.82 Å². The van der Waals surface area contributed by atoms with E-state index in [-0.39, 0.29) is 36.7 Å². The van der Waals surface area contributed by atoms with Gasteiger partial charge in [-0.2, -0.15) is 0 Å². The van der Waals surface area contributed by atoms with E-state index in [1.807, 2.05) is 35.2 Å². The number of alkyl halides is 2. The van der Waals surface area contributed by atoms with Gasteiger partial charge in [-0.15, -0.1) is 0 Å². The molecule has 1 aromatic carbocycles. The van der Waals surface area contributed by atoms with E-state index in [0.717, 1.165) is 31.2 Å². The first-order valence-corrected chi connectivity index (χ1v) is 12.4. The topological polar surface area (TPSA) is 74.0 Å². The largest absolute Gasteiger partial charge is 0.385 e. The van der Waals surface area contributed by atoms with Crippen molar-refractivity contribution in [3.8, 4) is 0 Å². The zero-order chi connectivity index (χ0) is 24.2. The third kappa shape index (κ3) is 3.67. The van der Waals surface area contributed by atoms with E-state index in [2.05, 4.69) is 9.97 Å². The number of aliphatic hydroxyl groups is 1. The molecule has 4 heterocycles. The number of imidazole rings is 1. The maximum Gasteiger partial charge on any atom is 0.290 e. The number of fused-ring (bicyclic) bond motifs is 2. The van der Waals surface area contributed by atoms with Crippen LogP contribution < -0.4 is 4.90 Å². The highest BCUT2D eigenvalue weighted by Crippen LogP contribution is 2.47. The van der Waals surface area contributed by atoms with Crippen LogP contribution in [0.15, 0.2) is 48.9 Å². The summed E-state index contributed by atoms with van der Waals surface area (Å²) >= 11 is 0. The van der Waals surface area contributed by atoms with Crippen molar-refractivity contribution in [1.82, 2.24) is 19.3 Å². The van der Waals surface area contributed by atoms with E-state index >= 15 is 0 Å². The Kier molecular flexibility index (Phi) is 5.28. The molecule has 7 nitrogen and oxygen atoms in total. The van der Waals surface area contributed by atoms with E-state index in [0.29, 0.717) is 24.3 Å². The molecule has 184 valence electrons. The fourth-order valence-corrected chi connectivity index (χ4v) is 6.37.